The summed E-state index contributed by atoms with van der Waals surface area (Å²) < 4.78 is 5.62. The first kappa shape index (κ1) is 20.5. The van der Waals surface area contributed by atoms with Crippen molar-refractivity contribution in [3.63, 3.8) is 0 Å². The number of pyridine rings is 1. The van der Waals surface area contributed by atoms with E-state index in [2.05, 4.69) is 20.6 Å². The maximum absolute atomic E-state index is 5.91. The van der Waals surface area contributed by atoms with Crippen molar-refractivity contribution in [2.75, 3.05) is 26.7 Å². The molecule has 24 heavy (non-hydrogen) atoms. The van der Waals surface area contributed by atoms with E-state index in [1.54, 1.807) is 19.3 Å². The van der Waals surface area contributed by atoms with Crippen LogP contribution in [-0.4, -0.2) is 37.7 Å². The lowest BCUT2D eigenvalue weighted by atomic mass is 10.3. The molecule has 0 bridgehead atoms. The Bertz CT molecular complexity index is 625. The van der Waals surface area contributed by atoms with E-state index in [-0.39, 0.29) is 24.0 Å². The quantitative estimate of drug-likeness (QED) is 0.288. The largest absolute Gasteiger partial charge is 0.492 e. The maximum Gasteiger partial charge on any atom is 0.191 e. The normalized spacial score (nSPS) is 10.7. The number of ether oxygens (including phenoxy) is 1. The molecule has 0 fully saturated rings. The first-order chi connectivity index (χ1) is 11.3. The molecule has 2 aromatic rings. The minimum absolute atomic E-state index is 0. The number of nitrogens with zero attached hydrogens (tertiary/aromatic N) is 2. The van der Waals surface area contributed by atoms with Gasteiger partial charge in [-0.1, -0.05) is 23.7 Å². The molecule has 0 aliphatic heterocycles. The Morgan fingerprint density at radius 1 is 1.17 bits per heavy atom. The van der Waals surface area contributed by atoms with E-state index in [0.29, 0.717) is 18.2 Å². The summed E-state index contributed by atoms with van der Waals surface area (Å²) >= 11 is 5.91. The van der Waals surface area contributed by atoms with Crippen molar-refractivity contribution in [3.8, 4) is 5.75 Å². The predicted octanol–water partition coefficient (Wildman–Crippen LogP) is 3.14. The van der Waals surface area contributed by atoms with Gasteiger partial charge < -0.3 is 15.4 Å². The Labute approximate surface area is 164 Å². The van der Waals surface area contributed by atoms with Crippen molar-refractivity contribution in [3.05, 3.63) is 59.4 Å². The topological polar surface area (TPSA) is 58.5 Å². The van der Waals surface area contributed by atoms with Gasteiger partial charge in [0.25, 0.3) is 0 Å². The molecule has 7 heteroatoms. The van der Waals surface area contributed by atoms with Crippen LogP contribution in [0, 0.1) is 0 Å². The molecule has 130 valence electrons. The van der Waals surface area contributed by atoms with Gasteiger partial charge in [0.1, 0.15) is 12.4 Å². The standard InChI is InChI=1S/C17H21ClN4O.HI/c1-19-17(21-10-8-15-6-2-3-9-20-15)22-11-12-23-16-7-4-5-14(18)13-16;/h2-7,9,13H,8,10-12H2,1H3,(H2,19,21,22);1H. The second-order valence-corrected chi connectivity index (χ2v) is 5.24. The summed E-state index contributed by atoms with van der Waals surface area (Å²) in [6.07, 6.45) is 2.65. The van der Waals surface area contributed by atoms with E-state index < -0.39 is 0 Å². The monoisotopic (exact) mass is 460 g/mol. The number of benzene rings is 1. The fourth-order valence-electron chi connectivity index (χ4n) is 1.97. The van der Waals surface area contributed by atoms with Gasteiger partial charge in [-0.15, -0.1) is 24.0 Å². The molecule has 0 aliphatic carbocycles. The Morgan fingerprint density at radius 2 is 2.00 bits per heavy atom. The summed E-state index contributed by atoms with van der Waals surface area (Å²) in [6.45, 7) is 1.95. The van der Waals surface area contributed by atoms with Crippen molar-refractivity contribution in [1.29, 1.82) is 0 Å². The summed E-state index contributed by atoms with van der Waals surface area (Å²) in [5.74, 6) is 1.51. The van der Waals surface area contributed by atoms with E-state index in [1.807, 2.05) is 36.4 Å². The fourth-order valence-corrected chi connectivity index (χ4v) is 2.15. The molecular weight excluding hydrogens is 439 g/mol. The van der Waals surface area contributed by atoms with Gasteiger partial charge in [0.05, 0.1) is 6.54 Å². The summed E-state index contributed by atoms with van der Waals surface area (Å²) in [4.78, 5) is 8.46. The van der Waals surface area contributed by atoms with E-state index in [1.165, 1.54) is 0 Å². The third-order valence-electron chi connectivity index (χ3n) is 3.08. The predicted molar refractivity (Wildman–Crippen MR) is 110 cm³/mol. The molecule has 2 rings (SSSR count). The molecule has 0 saturated heterocycles. The van der Waals surface area contributed by atoms with Crippen LogP contribution < -0.4 is 15.4 Å². The third kappa shape index (κ3) is 7.83. The highest BCUT2D eigenvalue weighted by molar-refractivity contribution is 14.0. The van der Waals surface area contributed by atoms with Gasteiger partial charge in [-0.25, -0.2) is 0 Å². The van der Waals surface area contributed by atoms with Crippen LogP contribution in [-0.2, 0) is 6.42 Å². The van der Waals surface area contributed by atoms with E-state index in [0.717, 1.165) is 30.4 Å². The van der Waals surface area contributed by atoms with Crippen LogP contribution >= 0.6 is 35.6 Å². The summed E-state index contributed by atoms with van der Waals surface area (Å²) in [6, 6.07) is 13.3. The number of aromatic nitrogens is 1. The second kappa shape index (κ2) is 11.9. The van der Waals surface area contributed by atoms with Gasteiger partial charge in [-0.3, -0.25) is 9.98 Å². The average Bonchev–Trinajstić information content (AvgIpc) is 2.58. The average molecular weight is 461 g/mol. The van der Waals surface area contributed by atoms with Gasteiger partial charge in [-0.05, 0) is 30.3 Å². The number of aliphatic imine (C=N–C) groups is 1. The zero-order chi connectivity index (χ0) is 16.3. The minimum Gasteiger partial charge on any atom is -0.492 e. The van der Waals surface area contributed by atoms with E-state index in [4.69, 9.17) is 16.3 Å². The number of nitrogens with one attached hydrogen (secondary N) is 2. The van der Waals surface area contributed by atoms with Crippen LogP contribution in [0.1, 0.15) is 5.69 Å². The highest BCUT2D eigenvalue weighted by Gasteiger charge is 1.99. The van der Waals surface area contributed by atoms with Gasteiger partial charge in [0.15, 0.2) is 5.96 Å². The van der Waals surface area contributed by atoms with Crippen LogP contribution in [0.4, 0.5) is 0 Å². The highest BCUT2D eigenvalue weighted by atomic mass is 127. The third-order valence-corrected chi connectivity index (χ3v) is 3.32. The highest BCUT2D eigenvalue weighted by Crippen LogP contribution is 2.16. The van der Waals surface area contributed by atoms with Crippen molar-refractivity contribution in [2.24, 2.45) is 4.99 Å². The Balaban J connectivity index is 0.00000288. The van der Waals surface area contributed by atoms with Gasteiger partial charge in [0, 0.05) is 36.9 Å². The first-order valence-electron chi connectivity index (χ1n) is 7.51. The first-order valence-corrected chi connectivity index (χ1v) is 7.88. The molecule has 0 unspecified atom stereocenters. The number of rotatable bonds is 7. The number of halogens is 2. The molecule has 0 spiro atoms. The molecule has 1 heterocycles. The smallest absolute Gasteiger partial charge is 0.191 e. The molecular formula is C17H22ClIN4O. The Hall–Kier alpha value is -1.54. The van der Waals surface area contributed by atoms with Gasteiger partial charge >= 0.3 is 0 Å². The molecule has 2 N–H and O–H groups in total. The number of hydrogen-bond donors (Lipinski definition) is 2. The van der Waals surface area contributed by atoms with E-state index >= 15 is 0 Å². The number of guanidine groups is 1. The van der Waals surface area contributed by atoms with Crippen LogP contribution in [0.5, 0.6) is 5.75 Å². The molecule has 0 radical (unpaired) electrons. The lowest BCUT2D eigenvalue weighted by Crippen LogP contribution is -2.40. The zero-order valence-electron chi connectivity index (χ0n) is 13.5. The van der Waals surface area contributed by atoms with Crippen molar-refractivity contribution >= 4 is 41.5 Å². The SMILES string of the molecule is CN=C(NCCOc1cccc(Cl)c1)NCCc1ccccn1.I. The molecule has 5 nitrogen and oxygen atoms in total. The van der Waals surface area contributed by atoms with Crippen LogP contribution in [0.25, 0.3) is 0 Å². The van der Waals surface area contributed by atoms with Crippen LogP contribution in [0.15, 0.2) is 53.7 Å². The Morgan fingerprint density at radius 3 is 2.71 bits per heavy atom. The van der Waals surface area contributed by atoms with Gasteiger partial charge in [0.2, 0.25) is 0 Å². The molecule has 0 aliphatic rings. The Kier molecular flexibility index (Phi) is 10.2. The second-order valence-electron chi connectivity index (χ2n) is 4.80. The summed E-state index contributed by atoms with van der Waals surface area (Å²) in [7, 11) is 1.74. The fraction of sp³-hybridized carbons (Fsp3) is 0.294. The maximum atomic E-state index is 5.91. The van der Waals surface area contributed by atoms with Gasteiger partial charge in [-0.2, -0.15) is 0 Å². The molecule has 1 aromatic carbocycles. The number of hydrogen-bond acceptors (Lipinski definition) is 3. The zero-order valence-corrected chi connectivity index (χ0v) is 16.6. The van der Waals surface area contributed by atoms with E-state index in [9.17, 15) is 0 Å². The molecule has 0 atom stereocenters. The lowest BCUT2D eigenvalue weighted by Gasteiger charge is -2.12. The van der Waals surface area contributed by atoms with Crippen molar-refractivity contribution < 1.29 is 4.74 Å². The molecule has 0 amide bonds. The van der Waals surface area contributed by atoms with Crippen LogP contribution in [0.3, 0.4) is 0 Å². The van der Waals surface area contributed by atoms with Crippen molar-refractivity contribution in [1.82, 2.24) is 15.6 Å². The molecule has 1 aromatic heterocycles. The summed E-state index contributed by atoms with van der Waals surface area (Å²) in [5, 5.41) is 7.12. The lowest BCUT2D eigenvalue weighted by molar-refractivity contribution is 0.322. The van der Waals surface area contributed by atoms with Crippen molar-refractivity contribution in [2.45, 2.75) is 6.42 Å². The van der Waals surface area contributed by atoms with Crippen LogP contribution in [0.2, 0.25) is 5.02 Å². The molecule has 0 saturated carbocycles. The minimum atomic E-state index is 0. The summed E-state index contributed by atoms with van der Waals surface area (Å²) in [5.41, 5.74) is 1.06.